The van der Waals surface area contributed by atoms with Gasteiger partial charge in [-0.25, -0.2) is 21.6 Å². The summed E-state index contributed by atoms with van der Waals surface area (Å²) < 4.78 is 63.7. The predicted octanol–water partition coefficient (Wildman–Crippen LogP) is 3.72. The molecule has 5 aliphatic rings. The van der Waals surface area contributed by atoms with Crippen molar-refractivity contribution in [3.05, 3.63) is 63.9 Å². The fourth-order valence-corrected chi connectivity index (χ4v) is 10.8. The molecule has 2 atom stereocenters. The third kappa shape index (κ3) is 4.60. The molecule has 43 heavy (non-hydrogen) atoms. The predicted molar refractivity (Wildman–Crippen MR) is 163 cm³/mol. The van der Waals surface area contributed by atoms with Gasteiger partial charge in [0.15, 0.2) is 0 Å². The van der Waals surface area contributed by atoms with Crippen LogP contribution in [0.4, 0.5) is 0 Å². The zero-order chi connectivity index (χ0) is 30.3. The van der Waals surface area contributed by atoms with Crippen LogP contribution in [-0.2, 0) is 31.4 Å². The number of ether oxygens (including phenoxy) is 1. The second kappa shape index (κ2) is 10.3. The average molecular weight is 628 g/mol. The van der Waals surface area contributed by atoms with Gasteiger partial charge in [-0.05, 0) is 59.6 Å². The lowest BCUT2D eigenvalue weighted by atomic mass is 9.83. The van der Waals surface area contributed by atoms with Crippen LogP contribution in [0.2, 0.25) is 0 Å². The van der Waals surface area contributed by atoms with Crippen molar-refractivity contribution in [2.75, 3.05) is 39.5 Å². The van der Waals surface area contributed by atoms with Crippen LogP contribution in [0.5, 0.6) is 5.75 Å². The monoisotopic (exact) mass is 627 g/mol. The largest absolute Gasteiger partial charge is 0.496 e. The molecule has 2 aromatic rings. The Morgan fingerprint density at radius 1 is 1.00 bits per heavy atom. The Morgan fingerprint density at radius 3 is 2.35 bits per heavy atom. The highest BCUT2D eigenvalue weighted by Crippen LogP contribution is 2.55. The molecule has 3 heterocycles. The van der Waals surface area contributed by atoms with Gasteiger partial charge in [-0.3, -0.25) is 0 Å². The van der Waals surface area contributed by atoms with Gasteiger partial charge in [-0.15, -0.1) is 0 Å². The van der Waals surface area contributed by atoms with Crippen LogP contribution in [0, 0.1) is 0 Å². The van der Waals surface area contributed by atoms with E-state index in [0.717, 1.165) is 59.7 Å². The van der Waals surface area contributed by atoms with Gasteiger partial charge in [0, 0.05) is 49.7 Å². The van der Waals surface area contributed by atoms with Crippen molar-refractivity contribution < 1.29 is 31.5 Å². The highest BCUT2D eigenvalue weighted by molar-refractivity contribution is 7.90. The molecule has 2 fully saturated rings. The number of methoxy groups -OCH3 is 1. The standard InChI is InChI=1S/C31H37N3O7S2/c1-41-25-12-11-20(19-7-4-3-5-8-19)30-22(25)17-24-28-21(27-23(18-34(24)30)29(27)31(35)36)9-6-10-26(28)43(39,40)33-15-13-32(14-16-33)42(2,37)38/h6,9,11-12,17,19,26,28H,3-5,7-8,10,13-16,18H2,1-2H3,(H,35,36)/t26-,28?/m1/s1. The van der Waals surface area contributed by atoms with Gasteiger partial charge in [-0.2, -0.15) is 8.61 Å². The lowest BCUT2D eigenvalue weighted by molar-refractivity contribution is -0.132. The van der Waals surface area contributed by atoms with Crippen molar-refractivity contribution in [2.45, 2.75) is 62.2 Å². The Hall–Kier alpha value is -2.93. The second-order valence-corrected chi connectivity index (χ2v) is 16.5. The van der Waals surface area contributed by atoms with E-state index >= 15 is 0 Å². The summed E-state index contributed by atoms with van der Waals surface area (Å²) in [5.41, 5.74) is 5.54. The van der Waals surface area contributed by atoms with Crippen LogP contribution in [0.15, 0.2) is 52.6 Å². The van der Waals surface area contributed by atoms with Crippen LogP contribution in [0.1, 0.15) is 61.6 Å². The summed E-state index contributed by atoms with van der Waals surface area (Å²) in [7, 11) is -5.67. The van der Waals surface area contributed by atoms with E-state index in [1.54, 1.807) is 7.11 Å². The van der Waals surface area contributed by atoms with E-state index in [2.05, 4.69) is 16.7 Å². The number of benzene rings is 1. The molecule has 230 valence electrons. The first-order chi connectivity index (χ1) is 20.5. The number of carboxylic acids is 1. The van der Waals surface area contributed by atoms with Crippen LogP contribution in [-0.4, -0.2) is 85.9 Å². The number of hydrogen-bond donors (Lipinski definition) is 1. The minimum absolute atomic E-state index is 0.0841. The van der Waals surface area contributed by atoms with Gasteiger partial charge in [-0.1, -0.05) is 37.5 Å². The van der Waals surface area contributed by atoms with Crippen molar-refractivity contribution in [2.24, 2.45) is 0 Å². The average Bonchev–Trinajstić information content (AvgIpc) is 3.63. The van der Waals surface area contributed by atoms with Gasteiger partial charge >= 0.3 is 5.97 Å². The van der Waals surface area contributed by atoms with Crippen LogP contribution in [0.25, 0.3) is 10.9 Å². The van der Waals surface area contributed by atoms with Gasteiger partial charge in [0.05, 0.1) is 29.7 Å². The van der Waals surface area contributed by atoms with Crippen molar-refractivity contribution in [3.8, 4) is 5.75 Å². The Kier molecular flexibility index (Phi) is 6.92. The molecule has 1 aromatic carbocycles. The normalized spacial score (nSPS) is 25.3. The zero-order valence-corrected chi connectivity index (χ0v) is 26.1. The number of allylic oxidation sites excluding steroid dienone is 4. The van der Waals surface area contributed by atoms with Crippen LogP contribution < -0.4 is 4.74 Å². The lowest BCUT2D eigenvalue weighted by Crippen LogP contribution is -2.53. The van der Waals surface area contributed by atoms with E-state index in [0.29, 0.717) is 29.4 Å². The number of sulfonamides is 2. The highest BCUT2D eigenvalue weighted by atomic mass is 32.2. The molecular weight excluding hydrogens is 590 g/mol. The summed E-state index contributed by atoms with van der Waals surface area (Å²) in [6.07, 6.45) is 10.9. The summed E-state index contributed by atoms with van der Waals surface area (Å²) in [5, 5.41) is 10.2. The maximum Gasteiger partial charge on any atom is 0.336 e. The third-order valence-electron chi connectivity index (χ3n) is 10.1. The smallest absolute Gasteiger partial charge is 0.336 e. The van der Waals surface area contributed by atoms with E-state index in [4.69, 9.17) is 4.74 Å². The SMILES string of the molecule is COc1ccc(C2CCCCC2)c2c1cc1n2CC2=C(C(=O)O)C2=C2C=CC[C@@H](S(=O)(=O)N3CCN(S(C)(=O)=O)CC3)C21. The number of piperazine rings is 1. The van der Waals surface area contributed by atoms with Crippen molar-refractivity contribution in [1.82, 2.24) is 13.2 Å². The molecule has 1 N–H and O–H groups in total. The van der Waals surface area contributed by atoms with Gasteiger partial charge in [0.1, 0.15) is 5.75 Å². The molecule has 0 bridgehead atoms. The number of carbonyl (C=O) groups is 1. The molecule has 10 nitrogen and oxygen atoms in total. The fourth-order valence-electron chi connectivity index (χ4n) is 7.95. The van der Waals surface area contributed by atoms with Crippen molar-refractivity contribution in [3.63, 3.8) is 0 Å². The molecule has 1 aromatic heterocycles. The Bertz CT molecular complexity index is 1840. The number of aromatic nitrogens is 1. The maximum absolute atomic E-state index is 14.4. The molecule has 12 heteroatoms. The molecule has 0 spiro atoms. The fraction of sp³-hybridized carbons (Fsp3) is 0.516. The number of hydrogen-bond acceptors (Lipinski definition) is 6. The first-order valence-electron chi connectivity index (χ1n) is 15.0. The van der Waals surface area contributed by atoms with E-state index in [1.807, 2.05) is 18.2 Å². The first-order valence-corrected chi connectivity index (χ1v) is 18.4. The molecule has 0 amide bonds. The molecule has 1 saturated heterocycles. The Balaban J connectivity index is 1.39. The van der Waals surface area contributed by atoms with Crippen molar-refractivity contribution >= 4 is 36.9 Å². The minimum atomic E-state index is -3.89. The van der Waals surface area contributed by atoms with E-state index in [9.17, 15) is 26.7 Å². The summed E-state index contributed by atoms with van der Waals surface area (Å²) in [6.45, 7) is 0.754. The number of carboxylic acid groups (broad SMARTS) is 1. The van der Waals surface area contributed by atoms with Gasteiger partial charge in [0.25, 0.3) is 0 Å². The lowest BCUT2D eigenvalue weighted by Gasteiger charge is -2.38. The molecule has 0 radical (unpaired) electrons. The third-order valence-corrected chi connectivity index (χ3v) is 13.7. The molecular formula is C31H37N3O7S2. The summed E-state index contributed by atoms with van der Waals surface area (Å²) in [5.74, 6) is -0.479. The number of rotatable bonds is 6. The quantitative estimate of drug-likeness (QED) is 0.518. The summed E-state index contributed by atoms with van der Waals surface area (Å²) in [4.78, 5) is 12.4. The van der Waals surface area contributed by atoms with Gasteiger partial charge < -0.3 is 14.4 Å². The van der Waals surface area contributed by atoms with Crippen LogP contribution >= 0.6 is 0 Å². The molecule has 2 aliphatic heterocycles. The minimum Gasteiger partial charge on any atom is -0.496 e. The van der Waals surface area contributed by atoms with Crippen molar-refractivity contribution in [1.29, 1.82) is 0 Å². The Morgan fingerprint density at radius 2 is 1.70 bits per heavy atom. The second-order valence-electron chi connectivity index (χ2n) is 12.4. The maximum atomic E-state index is 14.4. The topological polar surface area (TPSA) is 126 Å². The number of fused-ring (bicyclic) bond motifs is 6. The molecule has 1 saturated carbocycles. The highest BCUT2D eigenvalue weighted by Gasteiger charge is 2.50. The van der Waals surface area contributed by atoms with E-state index < -0.39 is 37.2 Å². The number of nitrogens with zero attached hydrogens (tertiary/aromatic N) is 3. The summed E-state index contributed by atoms with van der Waals surface area (Å²) in [6, 6.07) is 6.21. The number of aliphatic carboxylic acids is 1. The van der Waals surface area contributed by atoms with E-state index in [-0.39, 0.29) is 32.6 Å². The zero-order valence-electron chi connectivity index (χ0n) is 24.5. The molecule has 7 rings (SSSR count). The van der Waals surface area contributed by atoms with E-state index in [1.165, 1.54) is 20.6 Å². The van der Waals surface area contributed by atoms with Crippen LogP contribution in [0.3, 0.4) is 0 Å². The first kappa shape index (κ1) is 28.8. The summed E-state index contributed by atoms with van der Waals surface area (Å²) >= 11 is 0. The molecule has 3 aliphatic carbocycles. The van der Waals surface area contributed by atoms with Gasteiger partial charge in [0.2, 0.25) is 20.0 Å². The molecule has 1 unspecified atom stereocenters. The Labute approximate surface area is 252 Å².